The maximum Gasteiger partial charge on any atom is 0.237 e. The number of likely N-dealkylation sites (tertiary alicyclic amines) is 1. The van der Waals surface area contributed by atoms with Gasteiger partial charge < -0.3 is 19.7 Å². The van der Waals surface area contributed by atoms with Crippen molar-refractivity contribution in [1.82, 2.24) is 4.90 Å². The Balaban J connectivity index is 1.54. The van der Waals surface area contributed by atoms with Gasteiger partial charge in [-0.1, -0.05) is 17.7 Å². The van der Waals surface area contributed by atoms with Crippen molar-refractivity contribution in [2.75, 3.05) is 32.6 Å². The highest BCUT2D eigenvalue weighted by Gasteiger charge is 2.52. The summed E-state index contributed by atoms with van der Waals surface area (Å²) in [6, 6.07) is 10.8. The number of nitrogens with one attached hydrogen (secondary N) is 1. The Morgan fingerprint density at radius 3 is 2.61 bits per heavy atom. The molecular formula is C21H21ClN2O4. The molecule has 28 heavy (non-hydrogen) atoms. The highest BCUT2D eigenvalue weighted by atomic mass is 35.5. The Morgan fingerprint density at radius 2 is 1.89 bits per heavy atom. The van der Waals surface area contributed by atoms with E-state index in [2.05, 4.69) is 5.32 Å². The normalized spacial score (nSPS) is 20.2. The molecule has 0 radical (unpaired) electrons. The lowest BCUT2D eigenvalue weighted by Gasteiger charge is -2.23. The smallest absolute Gasteiger partial charge is 0.237 e. The Bertz CT molecular complexity index is 961. The number of halogens is 1. The minimum atomic E-state index is -0.719. The molecule has 0 bridgehead atoms. The van der Waals surface area contributed by atoms with Crippen LogP contribution in [0.5, 0.6) is 11.5 Å². The zero-order chi connectivity index (χ0) is 19.9. The topological polar surface area (TPSA) is 67.9 Å². The summed E-state index contributed by atoms with van der Waals surface area (Å²) in [5.74, 6) is 1.24. The number of ether oxygens (including phenoxy) is 2. The fourth-order valence-corrected chi connectivity index (χ4v) is 4.26. The third-order valence-electron chi connectivity index (χ3n) is 5.65. The molecule has 2 amide bonds. The van der Waals surface area contributed by atoms with E-state index in [4.69, 9.17) is 21.1 Å². The first kappa shape index (κ1) is 18.6. The summed E-state index contributed by atoms with van der Waals surface area (Å²) in [5, 5.41) is 3.44. The van der Waals surface area contributed by atoms with E-state index in [9.17, 15) is 9.59 Å². The molecule has 1 saturated heterocycles. The highest BCUT2D eigenvalue weighted by molar-refractivity contribution is 6.31. The number of methoxy groups -OCH3 is 2. The predicted molar refractivity (Wildman–Crippen MR) is 106 cm³/mol. The fraction of sp³-hybridized carbons (Fsp3) is 0.333. The number of nitrogens with zero attached hydrogens (tertiary/aromatic N) is 1. The highest BCUT2D eigenvalue weighted by Crippen LogP contribution is 2.45. The van der Waals surface area contributed by atoms with Crippen LogP contribution in [0.25, 0.3) is 0 Å². The molecular weight excluding hydrogens is 380 g/mol. The zero-order valence-corrected chi connectivity index (χ0v) is 16.5. The Hall–Kier alpha value is -2.73. The van der Waals surface area contributed by atoms with Gasteiger partial charge in [-0.15, -0.1) is 0 Å². The van der Waals surface area contributed by atoms with Gasteiger partial charge >= 0.3 is 0 Å². The lowest BCUT2D eigenvalue weighted by Crippen LogP contribution is -2.39. The first-order chi connectivity index (χ1) is 13.5. The molecule has 146 valence electrons. The lowest BCUT2D eigenvalue weighted by molar-refractivity contribution is -0.129. The van der Waals surface area contributed by atoms with Gasteiger partial charge in [-0.2, -0.15) is 0 Å². The van der Waals surface area contributed by atoms with Crippen LogP contribution in [0.15, 0.2) is 36.4 Å². The molecule has 4 rings (SSSR count). The van der Waals surface area contributed by atoms with Crippen LogP contribution in [-0.2, 0) is 21.4 Å². The largest absolute Gasteiger partial charge is 0.497 e. The van der Waals surface area contributed by atoms with Crippen molar-refractivity contribution in [3.8, 4) is 11.5 Å². The third kappa shape index (κ3) is 2.98. The van der Waals surface area contributed by atoms with Gasteiger partial charge in [0.15, 0.2) is 0 Å². The minimum absolute atomic E-state index is 0.0481. The second-order valence-electron chi connectivity index (χ2n) is 7.15. The number of amides is 2. The first-order valence-corrected chi connectivity index (χ1v) is 9.45. The van der Waals surface area contributed by atoms with Crippen LogP contribution in [0.1, 0.15) is 17.5 Å². The van der Waals surface area contributed by atoms with Gasteiger partial charge in [-0.05, 0) is 47.9 Å². The molecule has 2 heterocycles. The molecule has 0 saturated carbocycles. The average Bonchev–Trinajstić information content (AvgIpc) is 3.26. The van der Waals surface area contributed by atoms with Crippen molar-refractivity contribution in [1.29, 1.82) is 0 Å². The number of rotatable bonds is 4. The SMILES string of the molecule is COc1ccc(CC(=O)N2CC[C@]3(C2)C(=O)Nc2ccc(OC)cc23)c(Cl)c1. The van der Waals surface area contributed by atoms with Crippen LogP contribution in [0.3, 0.4) is 0 Å². The zero-order valence-electron chi connectivity index (χ0n) is 15.8. The van der Waals surface area contributed by atoms with Crippen LogP contribution >= 0.6 is 11.6 Å². The molecule has 1 N–H and O–H groups in total. The Morgan fingerprint density at radius 1 is 1.18 bits per heavy atom. The van der Waals surface area contributed by atoms with Crippen molar-refractivity contribution >= 4 is 29.1 Å². The number of hydrogen-bond acceptors (Lipinski definition) is 4. The van der Waals surface area contributed by atoms with E-state index in [1.165, 1.54) is 0 Å². The number of carbonyl (C=O) groups excluding carboxylic acids is 2. The maximum absolute atomic E-state index is 12.9. The van der Waals surface area contributed by atoms with Gasteiger partial charge in [-0.3, -0.25) is 9.59 Å². The number of anilines is 1. The second-order valence-corrected chi connectivity index (χ2v) is 7.55. The van der Waals surface area contributed by atoms with Crippen LogP contribution in [0.4, 0.5) is 5.69 Å². The third-order valence-corrected chi connectivity index (χ3v) is 6.00. The van der Waals surface area contributed by atoms with Crippen molar-refractivity contribution in [2.45, 2.75) is 18.3 Å². The average molecular weight is 401 g/mol. The van der Waals surface area contributed by atoms with Gasteiger partial charge in [0.05, 0.1) is 26.1 Å². The summed E-state index contributed by atoms with van der Waals surface area (Å²) in [6.07, 6.45) is 0.770. The first-order valence-electron chi connectivity index (χ1n) is 9.07. The van der Waals surface area contributed by atoms with Crippen LogP contribution < -0.4 is 14.8 Å². The quantitative estimate of drug-likeness (QED) is 0.856. The van der Waals surface area contributed by atoms with Crippen molar-refractivity contribution in [3.05, 3.63) is 52.5 Å². The molecule has 7 heteroatoms. The molecule has 2 aromatic rings. The molecule has 2 aliphatic rings. The van der Waals surface area contributed by atoms with Gasteiger partial charge in [-0.25, -0.2) is 0 Å². The van der Waals surface area contributed by atoms with Gasteiger partial charge in [0.25, 0.3) is 0 Å². The summed E-state index contributed by atoms with van der Waals surface area (Å²) in [6.45, 7) is 0.877. The van der Waals surface area contributed by atoms with Crippen molar-refractivity contribution < 1.29 is 19.1 Å². The van der Waals surface area contributed by atoms with Crippen LogP contribution in [-0.4, -0.2) is 44.0 Å². The summed E-state index contributed by atoms with van der Waals surface area (Å²) >= 11 is 6.27. The van der Waals surface area contributed by atoms with Crippen LogP contribution in [0, 0.1) is 0 Å². The van der Waals surface area contributed by atoms with E-state index < -0.39 is 5.41 Å². The number of carbonyl (C=O) groups is 2. The number of hydrogen-bond donors (Lipinski definition) is 1. The van der Waals surface area contributed by atoms with Gasteiger partial charge in [0, 0.05) is 23.8 Å². The van der Waals surface area contributed by atoms with E-state index in [1.807, 2.05) is 18.2 Å². The molecule has 0 aromatic heterocycles. The predicted octanol–water partition coefficient (Wildman–Crippen LogP) is 3.02. The standard InChI is InChI=1S/C21H21ClN2O4/c1-27-14-5-6-18-16(10-14)21(20(26)23-18)7-8-24(12-21)19(25)9-13-3-4-15(28-2)11-17(13)22/h3-6,10-11H,7-9,12H2,1-2H3,(H,23,26)/t21-/m1/s1. The molecule has 0 unspecified atom stereocenters. The van der Waals surface area contributed by atoms with Gasteiger partial charge in [0.1, 0.15) is 11.5 Å². The van der Waals surface area contributed by atoms with Crippen molar-refractivity contribution in [3.63, 3.8) is 0 Å². The molecule has 6 nitrogen and oxygen atoms in total. The summed E-state index contributed by atoms with van der Waals surface area (Å²) < 4.78 is 10.5. The Labute approximate surface area is 168 Å². The van der Waals surface area contributed by atoms with Crippen LogP contribution in [0.2, 0.25) is 5.02 Å². The summed E-state index contributed by atoms with van der Waals surface area (Å²) in [5.41, 5.74) is 1.71. The van der Waals surface area contributed by atoms with E-state index in [-0.39, 0.29) is 18.2 Å². The summed E-state index contributed by atoms with van der Waals surface area (Å²) in [4.78, 5) is 27.4. The molecule has 2 aromatic carbocycles. The second kappa shape index (κ2) is 7.02. The number of fused-ring (bicyclic) bond motifs is 2. The molecule has 0 aliphatic carbocycles. The lowest BCUT2D eigenvalue weighted by atomic mass is 9.81. The van der Waals surface area contributed by atoms with Crippen molar-refractivity contribution in [2.24, 2.45) is 0 Å². The fourth-order valence-electron chi connectivity index (χ4n) is 4.02. The van der Waals surface area contributed by atoms with E-state index in [1.54, 1.807) is 37.3 Å². The maximum atomic E-state index is 12.9. The Kier molecular flexibility index (Phi) is 4.67. The molecule has 1 fully saturated rings. The van der Waals surface area contributed by atoms with E-state index in [0.717, 1.165) is 16.8 Å². The van der Waals surface area contributed by atoms with E-state index in [0.29, 0.717) is 36.0 Å². The monoisotopic (exact) mass is 400 g/mol. The minimum Gasteiger partial charge on any atom is -0.497 e. The molecule has 2 aliphatic heterocycles. The summed E-state index contributed by atoms with van der Waals surface area (Å²) in [7, 11) is 3.17. The number of benzene rings is 2. The molecule has 1 spiro atoms. The molecule has 1 atom stereocenters. The van der Waals surface area contributed by atoms with E-state index >= 15 is 0 Å². The van der Waals surface area contributed by atoms with Gasteiger partial charge in [0.2, 0.25) is 11.8 Å².